The molecule has 0 aliphatic carbocycles. The van der Waals surface area contributed by atoms with Gasteiger partial charge in [0.15, 0.2) is 5.78 Å². The fourth-order valence-electron chi connectivity index (χ4n) is 2.15. The molecule has 0 spiro atoms. The Labute approximate surface area is 154 Å². The smallest absolute Gasteiger partial charge is 0.251 e. The second kappa shape index (κ2) is 9.13. The predicted octanol–water partition coefficient (Wildman–Crippen LogP) is 3.20. The van der Waals surface area contributed by atoms with Crippen LogP contribution in [0.4, 0.5) is 0 Å². The van der Waals surface area contributed by atoms with Crippen LogP contribution >= 0.6 is 15.9 Å². The molecule has 2 aromatic carbocycles. The molecule has 25 heavy (non-hydrogen) atoms. The molecule has 2 N–H and O–H groups in total. The summed E-state index contributed by atoms with van der Waals surface area (Å²) >= 11 is 3.32. The molecule has 2 aromatic rings. The summed E-state index contributed by atoms with van der Waals surface area (Å²) in [7, 11) is 0. The molecule has 0 saturated carbocycles. The average molecular weight is 403 g/mol. The average Bonchev–Trinajstić information content (AvgIpc) is 2.61. The van der Waals surface area contributed by atoms with Crippen LogP contribution in [0.2, 0.25) is 0 Å². The molecule has 0 unspecified atom stereocenters. The van der Waals surface area contributed by atoms with Gasteiger partial charge in [-0.3, -0.25) is 14.4 Å². The number of benzene rings is 2. The van der Waals surface area contributed by atoms with Gasteiger partial charge in [-0.15, -0.1) is 0 Å². The lowest BCUT2D eigenvalue weighted by molar-refractivity contribution is 0.0948. The van der Waals surface area contributed by atoms with E-state index in [-0.39, 0.29) is 17.6 Å². The second-order valence-corrected chi connectivity index (χ2v) is 6.42. The first kappa shape index (κ1) is 18.9. The zero-order chi connectivity index (χ0) is 18.2. The maximum absolute atomic E-state index is 12.0. The molecule has 2 rings (SSSR count). The van der Waals surface area contributed by atoms with Crippen molar-refractivity contribution in [3.8, 4) is 0 Å². The molecular formula is C19H19BrN2O3. The number of carbonyl (C=O) groups is 3. The van der Waals surface area contributed by atoms with Gasteiger partial charge >= 0.3 is 0 Å². The number of halogens is 1. The van der Waals surface area contributed by atoms with Gasteiger partial charge in [0.05, 0.1) is 0 Å². The standard InChI is InChI=1S/C19H19BrN2O3/c1-13(23)14-3-5-15(6-4-14)18(24)21-11-2-12-22-19(25)16-7-9-17(20)10-8-16/h3-10H,2,11-12H2,1H3,(H,21,24)(H,22,25). The third-order valence-corrected chi connectivity index (χ3v) is 4.11. The van der Waals surface area contributed by atoms with Crippen LogP contribution in [0.25, 0.3) is 0 Å². The normalized spacial score (nSPS) is 10.2. The van der Waals surface area contributed by atoms with Gasteiger partial charge < -0.3 is 10.6 Å². The largest absolute Gasteiger partial charge is 0.352 e. The zero-order valence-corrected chi connectivity index (χ0v) is 15.4. The van der Waals surface area contributed by atoms with Crippen molar-refractivity contribution in [2.45, 2.75) is 13.3 Å². The number of amides is 2. The zero-order valence-electron chi connectivity index (χ0n) is 13.8. The van der Waals surface area contributed by atoms with Crippen molar-refractivity contribution in [2.24, 2.45) is 0 Å². The van der Waals surface area contributed by atoms with Gasteiger partial charge in [-0.2, -0.15) is 0 Å². The van der Waals surface area contributed by atoms with E-state index in [1.54, 1.807) is 36.4 Å². The third kappa shape index (κ3) is 5.83. The van der Waals surface area contributed by atoms with Crippen molar-refractivity contribution < 1.29 is 14.4 Å². The van der Waals surface area contributed by atoms with Gasteiger partial charge in [0.1, 0.15) is 0 Å². The van der Waals surface area contributed by atoms with Gasteiger partial charge in [-0.05, 0) is 49.7 Å². The summed E-state index contributed by atoms with van der Waals surface area (Å²) in [6, 6.07) is 13.6. The van der Waals surface area contributed by atoms with Crippen LogP contribution in [-0.4, -0.2) is 30.7 Å². The summed E-state index contributed by atoms with van der Waals surface area (Å²) in [5.74, 6) is -0.374. The van der Waals surface area contributed by atoms with Crippen molar-refractivity contribution in [1.29, 1.82) is 0 Å². The SMILES string of the molecule is CC(=O)c1ccc(C(=O)NCCCNC(=O)c2ccc(Br)cc2)cc1. The topological polar surface area (TPSA) is 75.3 Å². The Balaban J connectivity index is 1.70. The van der Waals surface area contributed by atoms with Crippen molar-refractivity contribution in [3.63, 3.8) is 0 Å². The summed E-state index contributed by atoms with van der Waals surface area (Å²) in [5, 5.41) is 5.60. The van der Waals surface area contributed by atoms with Crippen molar-refractivity contribution in [3.05, 3.63) is 69.7 Å². The Morgan fingerprint density at radius 1 is 0.760 bits per heavy atom. The first-order valence-electron chi connectivity index (χ1n) is 7.90. The van der Waals surface area contributed by atoms with E-state index in [4.69, 9.17) is 0 Å². The van der Waals surface area contributed by atoms with Crippen molar-refractivity contribution in [2.75, 3.05) is 13.1 Å². The lowest BCUT2D eigenvalue weighted by atomic mass is 10.1. The molecule has 0 fully saturated rings. The number of Topliss-reactive ketones (excluding diaryl/α,β-unsaturated/α-hetero) is 1. The number of carbonyl (C=O) groups excluding carboxylic acids is 3. The van der Waals surface area contributed by atoms with E-state index < -0.39 is 0 Å². The summed E-state index contributed by atoms with van der Waals surface area (Å²) in [6.07, 6.45) is 0.625. The quantitative estimate of drug-likeness (QED) is 0.551. The van der Waals surface area contributed by atoms with E-state index in [0.29, 0.717) is 36.2 Å². The van der Waals surface area contributed by atoms with E-state index in [1.165, 1.54) is 6.92 Å². The van der Waals surface area contributed by atoms with Crippen molar-refractivity contribution in [1.82, 2.24) is 10.6 Å². The Hall–Kier alpha value is -2.47. The molecule has 0 aliphatic rings. The highest BCUT2D eigenvalue weighted by Crippen LogP contribution is 2.10. The molecule has 2 amide bonds. The molecule has 130 valence electrons. The number of ketones is 1. The minimum absolute atomic E-state index is 0.0338. The lowest BCUT2D eigenvalue weighted by Crippen LogP contribution is -2.29. The lowest BCUT2D eigenvalue weighted by Gasteiger charge is -2.07. The summed E-state index contributed by atoms with van der Waals surface area (Å²) in [6.45, 7) is 2.41. The van der Waals surface area contributed by atoms with Crippen molar-refractivity contribution >= 4 is 33.5 Å². The first-order chi connectivity index (χ1) is 12.0. The summed E-state index contributed by atoms with van der Waals surface area (Å²) < 4.78 is 0.920. The van der Waals surface area contributed by atoms with Gasteiger partial charge in [-0.25, -0.2) is 0 Å². The van der Waals surface area contributed by atoms with Gasteiger partial charge in [0.25, 0.3) is 11.8 Å². The van der Waals surface area contributed by atoms with Crippen LogP contribution in [0.1, 0.15) is 44.4 Å². The van der Waals surface area contributed by atoms with E-state index >= 15 is 0 Å². The highest BCUT2D eigenvalue weighted by molar-refractivity contribution is 9.10. The molecule has 5 nitrogen and oxygen atoms in total. The van der Waals surface area contributed by atoms with Crippen LogP contribution in [-0.2, 0) is 0 Å². The number of hydrogen-bond acceptors (Lipinski definition) is 3. The summed E-state index contributed by atoms with van der Waals surface area (Å²) in [4.78, 5) is 35.1. The molecule has 6 heteroatoms. The number of rotatable bonds is 7. The van der Waals surface area contributed by atoms with Gasteiger partial charge in [0.2, 0.25) is 0 Å². The molecule has 0 saturated heterocycles. The number of nitrogens with one attached hydrogen (secondary N) is 2. The molecule has 0 heterocycles. The monoisotopic (exact) mass is 402 g/mol. The molecular weight excluding hydrogens is 384 g/mol. The molecule has 0 radical (unpaired) electrons. The predicted molar refractivity (Wildman–Crippen MR) is 99.9 cm³/mol. The van der Waals surface area contributed by atoms with E-state index in [1.807, 2.05) is 12.1 Å². The van der Waals surface area contributed by atoms with Gasteiger partial charge in [0, 0.05) is 34.3 Å². The van der Waals surface area contributed by atoms with E-state index in [2.05, 4.69) is 26.6 Å². The highest BCUT2D eigenvalue weighted by Gasteiger charge is 2.07. The molecule has 0 atom stereocenters. The van der Waals surface area contributed by atoms with Crippen LogP contribution < -0.4 is 10.6 Å². The molecule has 0 bridgehead atoms. The fraction of sp³-hybridized carbons (Fsp3) is 0.211. The van der Waals surface area contributed by atoms with Crippen LogP contribution in [0.15, 0.2) is 53.0 Å². The maximum Gasteiger partial charge on any atom is 0.251 e. The highest BCUT2D eigenvalue weighted by atomic mass is 79.9. The maximum atomic E-state index is 12.0. The Bertz CT molecular complexity index is 755. The third-order valence-electron chi connectivity index (χ3n) is 3.58. The summed E-state index contributed by atoms with van der Waals surface area (Å²) in [5.41, 5.74) is 1.67. The Morgan fingerprint density at radius 2 is 1.16 bits per heavy atom. The Morgan fingerprint density at radius 3 is 1.60 bits per heavy atom. The van der Waals surface area contributed by atoms with Crippen LogP contribution in [0.3, 0.4) is 0 Å². The van der Waals surface area contributed by atoms with Crippen LogP contribution in [0, 0.1) is 0 Å². The second-order valence-electron chi connectivity index (χ2n) is 5.51. The first-order valence-corrected chi connectivity index (χ1v) is 8.69. The molecule has 0 aliphatic heterocycles. The Kier molecular flexibility index (Phi) is 6.89. The minimum atomic E-state index is -0.200. The fourth-order valence-corrected chi connectivity index (χ4v) is 2.42. The molecule has 0 aromatic heterocycles. The number of hydrogen-bond donors (Lipinski definition) is 2. The van der Waals surface area contributed by atoms with Gasteiger partial charge in [-0.1, -0.05) is 28.1 Å². The van der Waals surface area contributed by atoms with Crippen LogP contribution in [0.5, 0.6) is 0 Å². The van der Waals surface area contributed by atoms with E-state index in [0.717, 1.165) is 4.47 Å². The van der Waals surface area contributed by atoms with E-state index in [9.17, 15) is 14.4 Å². The minimum Gasteiger partial charge on any atom is -0.352 e.